The molecule has 1 heterocycles. The molecule has 0 radical (unpaired) electrons. The summed E-state index contributed by atoms with van der Waals surface area (Å²) in [5.74, 6) is -0.232. The van der Waals surface area contributed by atoms with Gasteiger partial charge < -0.3 is 15.1 Å². The number of benzene rings is 1. The van der Waals surface area contributed by atoms with E-state index in [0.29, 0.717) is 37.7 Å². The lowest BCUT2D eigenvalue weighted by Gasteiger charge is -2.36. The van der Waals surface area contributed by atoms with Crippen LogP contribution in [0.2, 0.25) is 5.02 Å². The van der Waals surface area contributed by atoms with Crippen LogP contribution < -0.4 is 10.2 Å². The molecule has 0 bridgehead atoms. The minimum Gasteiger partial charge on any atom is -0.367 e. The summed E-state index contributed by atoms with van der Waals surface area (Å²) >= 11 is 6.04. The Hall–Kier alpha value is -1.33. The van der Waals surface area contributed by atoms with E-state index in [1.165, 1.54) is 12.1 Å². The van der Waals surface area contributed by atoms with E-state index < -0.39 is 0 Å². The molecule has 1 fully saturated rings. The highest BCUT2D eigenvalue weighted by molar-refractivity contribution is 6.33. The number of amides is 1. The summed E-state index contributed by atoms with van der Waals surface area (Å²) in [5, 5.41) is 3.27. The number of likely N-dealkylation sites (N-methyl/N-ethyl adjacent to an activating group) is 1. The van der Waals surface area contributed by atoms with Crippen LogP contribution in [0.1, 0.15) is 0 Å². The second-order valence-corrected chi connectivity index (χ2v) is 4.90. The molecule has 2 rings (SSSR count). The Balaban J connectivity index is 1.98. The molecule has 0 saturated carbocycles. The average Bonchev–Trinajstić information content (AvgIpc) is 2.39. The molecule has 0 atom stereocenters. The van der Waals surface area contributed by atoms with E-state index in [4.69, 9.17) is 11.6 Å². The van der Waals surface area contributed by atoms with Gasteiger partial charge in [0.15, 0.2) is 0 Å². The molecule has 0 aliphatic carbocycles. The number of anilines is 1. The van der Waals surface area contributed by atoms with Crippen molar-refractivity contribution in [3.8, 4) is 0 Å². The van der Waals surface area contributed by atoms with Crippen molar-refractivity contribution in [1.82, 2.24) is 10.2 Å². The number of nitrogens with zero attached hydrogens (tertiary/aromatic N) is 2. The van der Waals surface area contributed by atoms with Crippen LogP contribution in [0.25, 0.3) is 0 Å². The maximum absolute atomic E-state index is 13.0. The molecule has 1 aromatic rings. The number of hydrogen-bond acceptors (Lipinski definition) is 3. The zero-order valence-electron chi connectivity index (χ0n) is 10.8. The van der Waals surface area contributed by atoms with Gasteiger partial charge in [-0.3, -0.25) is 4.79 Å². The van der Waals surface area contributed by atoms with Crippen LogP contribution in [0.15, 0.2) is 18.2 Å². The Morgan fingerprint density at radius 3 is 2.63 bits per heavy atom. The number of rotatable bonds is 3. The maximum atomic E-state index is 13.0. The van der Waals surface area contributed by atoms with Crippen molar-refractivity contribution in [3.63, 3.8) is 0 Å². The average molecular weight is 286 g/mol. The first-order chi connectivity index (χ1) is 9.11. The van der Waals surface area contributed by atoms with Gasteiger partial charge in [-0.25, -0.2) is 4.39 Å². The SMILES string of the molecule is CNCC(=O)N1CCN(c2ccc(F)cc2Cl)CC1. The first-order valence-electron chi connectivity index (χ1n) is 6.24. The number of carbonyl (C=O) groups excluding carboxylic acids is 1. The number of hydrogen-bond donors (Lipinski definition) is 1. The number of halogens is 2. The zero-order chi connectivity index (χ0) is 13.8. The molecule has 0 aromatic heterocycles. The summed E-state index contributed by atoms with van der Waals surface area (Å²) in [6.07, 6.45) is 0. The van der Waals surface area contributed by atoms with E-state index in [9.17, 15) is 9.18 Å². The Bertz CT molecular complexity index is 461. The fraction of sp³-hybridized carbons (Fsp3) is 0.462. The highest BCUT2D eigenvalue weighted by Crippen LogP contribution is 2.27. The van der Waals surface area contributed by atoms with Gasteiger partial charge in [0, 0.05) is 26.2 Å². The normalized spacial score (nSPS) is 15.7. The fourth-order valence-corrected chi connectivity index (χ4v) is 2.48. The molecular formula is C13H17ClFN3O. The van der Waals surface area contributed by atoms with Gasteiger partial charge in [-0.2, -0.15) is 0 Å². The Morgan fingerprint density at radius 1 is 1.37 bits per heavy atom. The van der Waals surface area contributed by atoms with Gasteiger partial charge in [0.05, 0.1) is 17.3 Å². The molecule has 1 aromatic carbocycles. The Labute approximate surface area is 117 Å². The molecule has 1 amide bonds. The molecule has 1 N–H and O–H groups in total. The van der Waals surface area contributed by atoms with Gasteiger partial charge in [0.1, 0.15) is 5.82 Å². The second kappa shape index (κ2) is 6.21. The highest BCUT2D eigenvalue weighted by Gasteiger charge is 2.21. The third-order valence-electron chi connectivity index (χ3n) is 3.21. The molecule has 6 heteroatoms. The van der Waals surface area contributed by atoms with Crippen molar-refractivity contribution in [3.05, 3.63) is 29.0 Å². The van der Waals surface area contributed by atoms with Crippen LogP contribution in [0.4, 0.5) is 10.1 Å². The molecule has 0 spiro atoms. The van der Waals surface area contributed by atoms with Gasteiger partial charge in [0.2, 0.25) is 5.91 Å². The smallest absolute Gasteiger partial charge is 0.236 e. The number of nitrogens with one attached hydrogen (secondary N) is 1. The highest BCUT2D eigenvalue weighted by atomic mass is 35.5. The van der Waals surface area contributed by atoms with Crippen molar-refractivity contribution in [2.75, 3.05) is 44.7 Å². The van der Waals surface area contributed by atoms with Crippen molar-refractivity contribution in [2.45, 2.75) is 0 Å². The van der Waals surface area contributed by atoms with E-state index in [-0.39, 0.29) is 11.7 Å². The van der Waals surface area contributed by atoms with Crippen molar-refractivity contribution < 1.29 is 9.18 Å². The van der Waals surface area contributed by atoms with E-state index in [1.54, 1.807) is 13.1 Å². The lowest BCUT2D eigenvalue weighted by atomic mass is 10.2. The molecule has 0 unspecified atom stereocenters. The standard InChI is InChI=1S/C13H17ClFN3O/c1-16-9-13(19)18-6-4-17(5-7-18)12-3-2-10(15)8-11(12)14/h2-3,8,16H,4-7,9H2,1H3. The number of carbonyl (C=O) groups is 1. The van der Waals surface area contributed by atoms with E-state index in [0.717, 1.165) is 5.69 Å². The minimum atomic E-state index is -0.336. The largest absolute Gasteiger partial charge is 0.367 e. The fourth-order valence-electron chi connectivity index (χ4n) is 2.20. The topological polar surface area (TPSA) is 35.6 Å². The van der Waals surface area contributed by atoms with Gasteiger partial charge >= 0.3 is 0 Å². The van der Waals surface area contributed by atoms with Crippen molar-refractivity contribution >= 4 is 23.2 Å². The van der Waals surface area contributed by atoms with Crippen LogP contribution in [0.5, 0.6) is 0 Å². The van der Waals surface area contributed by atoms with Gasteiger partial charge in [-0.1, -0.05) is 11.6 Å². The third kappa shape index (κ3) is 3.36. The predicted octanol–water partition coefficient (Wildman–Crippen LogP) is 1.35. The van der Waals surface area contributed by atoms with Crippen LogP contribution in [-0.2, 0) is 4.79 Å². The van der Waals surface area contributed by atoms with Crippen LogP contribution >= 0.6 is 11.6 Å². The van der Waals surface area contributed by atoms with E-state index in [1.807, 2.05) is 4.90 Å². The van der Waals surface area contributed by atoms with Crippen molar-refractivity contribution in [1.29, 1.82) is 0 Å². The molecule has 1 saturated heterocycles. The molecule has 1 aliphatic rings. The maximum Gasteiger partial charge on any atom is 0.236 e. The van der Waals surface area contributed by atoms with Crippen LogP contribution in [0.3, 0.4) is 0 Å². The van der Waals surface area contributed by atoms with Gasteiger partial charge in [-0.15, -0.1) is 0 Å². The molecule has 1 aliphatic heterocycles. The molecule has 4 nitrogen and oxygen atoms in total. The zero-order valence-corrected chi connectivity index (χ0v) is 11.6. The van der Waals surface area contributed by atoms with Gasteiger partial charge in [0.25, 0.3) is 0 Å². The molecule has 19 heavy (non-hydrogen) atoms. The summed E-state index contributed by atoms with van der Waals surface area (Å²) in [7, 11) is 1.76. The first kappa shape index (κ1) is 14.1. The summed E-state index contributed by atoms with van der Waals surface area (Å²) in [6.45, 7) is 3.10. The Morgan fingerprint density at radius 2 is 2.05 bits per heavy atom. The molecule has 104 valence electrons. The third-order valence-corrected chi connectivity index (χ3v) is 3.51. The van der Waals surface area contributed by atoms with Crippen LogP contribution in [-0.4, -0.2) is 50.6 Å². The van der Waals surface area contributed by atoms with Crippen molar-refractivity contribution in [2.24, 2.45) is 0 Å². The first-order valence-corrected chi connectivity index (χ1v) is 6.62. The molecular weight excluding hydrogens is 269 g/mol. The summed E-state index contributed by atoms with van der Waals surface area (Å²) in [5.41, 5.74) is 0.823. The summed E-state index contributed by atoms with van der Waals surface area (Å²) < 4.78 is 13.0. The predicted molar refractivity (Wildman–Crippen MR) is 74.1 cm³/mol. The number of piperazine rings is 1. The lowest BCUT2D eigenvalue weighted by Crippen LogP contribution is -2.50. The van der Waals surface area contributed by atoms with Crippen LogP contribution in [0, 0.1) is 5.82 Å². The quantitative estimate of drug-likeness (QED) is 0.911. The summed E-state index contributed by atoms with van der Waals surface area (Å²) in [6, 6.07) is 4.40. The summed E-state index contributed by atoms with van der Waals surface area (Å²) in [4.78, 5) is 15.6. The van der Waals surface area contributed by atoms with E-state index >= 15 is 0 Å². The monoisotopic (exact) mass is 285 g/mol. The minimum absolute atomic E-state index is 0.104. The lowest BCUT2D eigenvalue weighted by molar-refractivity contribution is -0.130. The second-order valence-electron chi connectivity index (χ2n) is 4.49. The van der Waals surface area contributed by atoms with E-state index in [2.05, 4.69) is 10.2 Å². The Kier molecular flexibility index (Phi) is 4.61. The van der Waals surface area contributed by atoms with Gasteiger partial charge in [-0.05, 0) is 25.2 Å².